The molecule has 1 heterocycles. The van der Waals surface area contributed by atoms with Crippen LogP contribution in [0.1, 0.15) is 27.1 Å². The van der Waals surface area contributed by atoms with Crippen LogP contribution in [-0.2, 0) is 4.79 Å². The van der Waals surface area contributed by atoms with Crippen molar-refractivity contribution < 1.29 is 14.4 Å². The van der Waals surface area contributed by atoms with Gasteiger partial charge in [0.15, 0.2) is 0 Å². The van der Waals surface area contributed by atoms with Gasteiger partial charge in [-0.25, -0.2) is 0 Å². The van der Waals surface area contributed by atoms with E-state index < -0.39 is 11.8 Å². The highest BCUT2D eigenvalue weighted by atomic mass is 35.5. The number of nitrogens with one attached hydrogen (secondary N) is 1. The van der Waals surface area contributed by atoms with E-state index >= 15 is 0 Å². The van der Waals surface area contributed by atoms with Gasteiger partial charge >= 0.3 is 0 Å². The third kappa shape index (κ3) is 3.79. The SMILES string of the molecule is O=C(CCN1C(=O)c2ccc(Cl)cc2C1=O)Nc1cc(Cl)cc(Cl)c1. The Hall–Kier alpha value is -2.08. The summed E-state index contributed by atoms with van der Waals surface area (Å²) in [6.45, 7) is -0.0376. The van der Waals surface area contributed by atoms with Crippen LogP contribution in [0.15, 0.2) is 36.4 Å². The predicted molar refractivity (Wildman–Crippen MR) is 96.5 cm³/mol. The Morgan fingerprint density at radius 3 is 2.20 bits per heavy atom. The molecule has 0 fully saturated rings. The van der Waals surface area contributed by atoms with Crippen LogP contribution in [0.2, 0.25) is 15.1 Å². The van der Waals surface area contributed by atoms with Gasteiger partial charge in [0, 0.05) is 33.7 Å². The molecule has 1 aliphatic rings. The van der Waals surface area contributed by atoms with Crippen LogP contribution in [0.3, 0.4) is 0 Å². The second-order valence-corrected chi connectivity index (χ2v) is 6.72. The highest BCUT2D eigenvalue weighted by Crippen LogP contribution is 2.26. The zero-order valence-electron chi connectivity index (χ0n) is 12.7. The van der Waals surface area contributed by atoms with Crippen LogP contribution in [0.5, 0.6) is 0 Å². The number of nitrogens with zero attached hydrogens (tertiary/aromatic N) is 1. The van der Waals surface area contributed by atoms with Gasteiger partial charge in [-0.2, -0.15) is 0 Å². The van der Waals surface area contributed by atoms with Crippen LogP contribution in [0, 0.1) is 0 Å². The van der Waals surface area contributed by atoms with Gasteiger partial charge in [-0.15, -0.1) is 0 Å². The van der Waals surface area contributed by atoms with Crippen LogP contribution < -0.4 is 5.32 Å². The standard InChI is InChI=1S/C17H11Cl3N2O3/c18-9-1-2-13-14(8-9)17(25)22(16(13)24)4-3-15(23)21-12-6-10(19)5-11(20)7-12/h1-2,5-8H,3-4H2,(H,21,23). The summed E-state index contributed by atoms with van der Waals surface area (Å²) in [7, 11) is 0. The van der Waals surface area contributed by atoms with E-state index in [-0.39, 0.29) is 30.0 Å². The summed E-state index contributed by atoms with van der Waals surface area (Å²) in [6, 6.07) is 9.15. The van der Waals surface area contributed by atoms with E-state index in [4.69, 9.17) is 34.8 Å². The Balaban J connectivity index is 1.65. The number of fused-ring (bicyclic) bond motifs is 1. The molecule has 0 aromatic heterocycles. The molecule has 1 N–H and O–H groups in total. The zero-order valence-corrected chi connectivity index (χ0v) is 15.0. The first kappa shape index (κ1) is 17.7. The Morgan fingerprint density at radius 2 is 1.52 bits per heavy atom. The lowest BCUT2D eigenvalue weighted by Gasteiger charge is -2.13. The van der Waals surface area contributed by atoms with Crippen LogP contribution in [0.25, 0.3) is 0 Å². The summed E-state index contributed by atoms with van der Waals surface area (Å²) < 4.78 is 0. The summed E-state index contributed by atoms with van der Waals surface area (Å²) >= 11 is 17.6. The molecule has 2 aromatic carbocycles. The van der Waals surface area contributed by atoms with E-state index in [0.29, 0.717) is 20.8 Å². The number of imide groups is 1. The Bertz CT molecular complexity index is 878. The molecular weight excluding hydrogens is 387 g/mol. The summed E-state index contributed by atoms with van der Waals surface area (Å²) in [4.78, 5) is 37.7. The van der Waals surface area contributed by atoms with Crippen molar-refractivity contribution in [2.45, 2.75) is 6.42 Å². The molecule has 0 unspecified atom stereocenters. The highest BCUT2D eigenvalue weighted by molar-refractivity contribution is 6.35. The molecule has 3 rings (SSSR count). The van der Waals surface area contributed by atoms with Gasteiger partial charge in [-0.1, -0.05) is 34.8 Å². The molecule has 8 heteroatoms. The third-order valence-corrected chi connectivity index (χ3v) is 4.31. The molecule has 0 saturated carbocycles. The molecule has 25 heavy (non-hydrogen) atoms. The average molecular weight is 398 g/mol. The second kappa shape index (κ2) is 7.04. The van der Waals surface area contributed by atoms with Crippen molar-refractivity contribution in [1.29, 1.82) is 0 Å². The maximum Gasteiger partial charge on any atom is 0.261 e. The van der Waals surface area contributed by atoms with E-state index in [1.54, 1.807) is 24.3 Å². The van der Waals surface area contributed by atoms with Crippen LogP contribution >= 0.6 is 34.8 Å². The largest absolute Gasteiger partial charge is 0.326 e. The van der Waals surface area contributed by atoms with Crippen molar-refractivity contribution in [3.63, 3.8) is 0 Å². The first-order chi connectivity index (χ1) is 11.8. The molecule has 2 aromatic rings. The maximum atomic E-state index is 12.3. The van der Waals surface area contributed by atoms with Crippen molar-refractivity contribution in [3.8, 4) is 0 Å². The van der Waals surface area contributed by atoms with E-state index in [2.05, 4.69) is 5.32 Å². The monoisotopic (exact) mass is 396 g/mol. The zero-order chi connectivity index (χ0) is 18.1. The predicted octanol–water partition coefficient (Wildman–Crippen LogP) is 4.27. The van der Waals surface area contributed by atoms with E-state index in [1.165, 1.54) is 12.1 Å². The van der Waals surface area contributed by atoms with E-state index in [9.17, 15) is 14.4 Å². The van der Waals surface area contributed by atoms with Crippen molar-refractivity contribution in [2.24, 2.45) is 0 Å². The van der Waals surface area contributed by atoms with Gasteiger partial charge < -0.3 is 5.32 Å². The molecule has 0 radical (unpaired) electrons. The fourth-order valence-electron chi connectivity index (χ4n) is 2.53. The molecule has 0 bridgehead atoms. The molecule has 0 spiro atoms. The van der Waals surface area contributed by atoms with Gasteiger partial charge in [0.2, 0.25) is 5.91 Å². The summed E-state index contributed by atoms with van der Waals surface area (Å²) in [5.74, 6) is -1.26. The average Bonchev–Trinajstić information content (AvgIpc) is 2.75. The number of amides is 3. The quantitative estimate of drug-likeness (QED) is 0.783. The number of rotatable bonds is 4. The minimum absolute atomic E-state index is 0.0376. The molecule has 5 nitrogen and oxygen atoms in total. The summed E-state index contributed by atoms with van der Waals surface area (Å²) in [6.07, 6.45) is -0.0522. The van der Waals surface area contributed by atoms with Gasteiger partial charge in [0.05, 0.1) is 11.1 Å². The second-order valence-electron chi connectivity index (χ2n) is 5.41. The fraction of sp³-hybridized carbons (Fsp3) is 0.118. The summed E-state index contributed by atoms with van der Waals surface area (Å²) in [5.41, 5.74) is 0.979. The number of carbonyl (C=O) groups is 3. The summed E-state index contributed by atoms with van der Waals surface area (Å²) in [5, 5.41) is 3.78. The first-order valence-electron chi connectivity index (χ1n) is 7.27. The number of hydrogen-bond acceptors (Lipinski definition) is 3. The fourth-order valence-corrected chi connectivity index (χ4v) is 3.23. The lowest BCUT2D eigenvalue weighted by molar-refractivity contribution is -0.116. The van der Waals surface area contributed by atoms with Crippen LogP contribution in [-0.4, -0.2) is 29.2 Å². The number of halogens is 3. The van der Waals surface area contributed by atoms with E-state index in [0.717, 1.165) is 4.90 Å². The highest BCUT2D eigenvalue weighted by Gasteiger charge is 2.35. The molecule has 1 aliphatic heterocycles. The van der Waals surface area contributed by atoms with E-state index in [1.807, 2.05) is 0 Å². The number of carbonyl (C=O) groups excluding carboxylic acids is 3. The minimum Gasteiger partial charge on any atom is -0.326 e. The molecule has 3 amide bonds. The third-order valence-electron chi connectivity index (χ3n) is 3.64. The van der Waals surface area contributed by atoms with Crippen molar-refractivity contribution in [1.82, 2.24) is 4.90 Å². The number of benzene rings is 2. The van der Waals surface area contributed by atoms with Gasteiger partial charge in [0.25, 0.3) is 11.8 Å². The Morgan fingerprint density at radius 1 is 0.880 bits per heavy atom. The van der Waals surface area contributed by atoms with Crippen molar-refractivity contribution in [3.05, 3.63) is 62.6 Å². The molecular formula is C17H11Cl3N2O3. The molecule has 128 valence electrons. The minimum atomic E-state index is -0.457. The Kier molecular flexibility index (Phi) is 4.99. The number of anilines is 1. The molecule has 0 atom stereocenters. The van der Waals surface area contributed by atoms with Gasteiger partial charge in [0.1, 0.15) is 0 Å². The van der Waals surface area contributed by atoms with Gasteiger partial charge in [-0.3, -0.25) is 19.3 Å². The van der Waals surface area contributed by atoms with Crippen LogP contribution in [0.4, 0.5) is 5.69 Å². The normalized spacial score (nSPS) is 13.2. The smallest absolute Gasteiger partial charge is 0.261 e. The Labute approximate surface area is 158 Å². The van der Waals surface area contributed by atoms with Crippen molar-refractivity contribution in [2.75, 3.05) is 11.9 Å². The molecule has 0 saturated heterocycles. The topological polar surface area (TPSA) is 66.5 Å². The lowest BCUT2D eigenvalue weighted by atomic mass is 10.1. The van der Waals surface area contributed by atoms with Crippen molar-refractivity contribution >= 4 is 58.2 Å². The first-order valence-corrected chi connectivity index (χ1v) is 8.40. The maximum absolute atomic E-state index is 12.3. The lowest BCUT2D eigenvalue weighted by Crippen LogP contribution is -2.32. The molecule has 0 aliphatic carbocycles. The number of hydrogen-bond donors (Lipinski definition) is 1. The van der Waals surface area contributed by atoms with Gasteiger partial charge in [-0.05, 0) is 36.4 Å².